The van der Waals surface area contributed by atoms with Crippen LogP contribution in [0.5, 0.6) is 11.5 Å². The Morgan fingerprint density at radius 1 is 1.03 bits per heavy atom. The van der Waals surface area contributed by atoms with Gasteiger partial charge >= 0.3 is 5.97 Å². The third kappa shape index (κ3) is 4.21. The summed E-state index contributed by atoms with van der Waals surface area (Å²) in [4.78, 5) is 25.6. The summed E-state index contributed by atoms with van der Waals surface area (Å²) >= 11 is 0. The highest BCUT2D eigenvalue weighted by molar-refractivity contribution is 5.90. The van der Waals surface area contributed by atoms with Gasteiger partial charge in [-0.2, -0.15) is 0 Å². The molecule has 0 saturated heterocycles. The summed E-state index contributed by atoms with van der Waals surface area (Å²) in [5.74, 6) is 1.01. The number of carbonyl (C=O) groups excluding carboxylic acids is 2. The zero-order valence-electron chi connectivity index (χ0n) is 21.1. The number of hydrogen-bond donors (Lipinski definition) is 1. The van der Waals surface area contributed by atoms with Gasteiger partial charge in [0.15, 0.2) is 0 Å². The fourth-order valence-electron chi connectivity index (χ4n) is 5.41. The molecule has 36 heavy (non-hydrogen) atoms. The third-order valence-corrected chi connectivity index (χ3v) is 7.57. The maximum absolute atomic E-state index is 13.8. The number of benzene rings is 3. The Balaban J connectivity index is 1.44. The van der Waals surface area contributed by atoms with Crippen molar-refractivity contribution in [3.05, 3.63) is 94.0 Å². The number of esters is 1. The first-order chi connectivity index (χ1) is 17.3. The summed E-state index contributed by atoms with van der Waals surface area (Å²) < 4.78 is 16.6. The lowest BCUT2D eigenvalue weighted by Gasteiger charge is -2.35. The fourth-order valence-corrected chi connectivity index (χ4v) is 5.41. The Morgan fingerprint density at radius 3 is 2.53 bits per heavy atom. The molecule has 1 N–H and O–H groups in total. The van der Waals surface area contributed by atoms with Crippen LogP contribution in [-0.2, 0) is 21.4 Å². The Bertz CT molecular complexity index is 1320. The molecule has 186 valence electrons. The third-order valence-electron chi connectivity index (χ3n) is 7.57. The van der Waals surface area contributed by atoms with E-state index in [2.05, 4.69) is 30.4 Å². The van der Waals surface area contributed by atoms with Gasteiger partial charge in [0.1, 0.15) is 17.6 Å². The lowest BCUT2D eigenvalue weighted by Crippen LogP contribution is -2.44. The van der Waals surface area contributed by atoms with Gasteiger partial charge < -0.3 is 19.5 Å². The van der Waals surface area contributed by atoms with E-state index in [0.29, 0.717) is 23.5 Å². The zero-order chi connectivity index (χ0) is 25.4. The topological polar surface area (TPSA) is 73.9 Å². The number of fused-ring (bicyclic) bond motifs is 2. The average molecular weight is 486 g/mol. The van der Waals surface area contributed by atoms with E-state index in [4.69, 9.17) is 14.2 Å². The van der Waals surface area contributed by atoms with Crippen LogP contribution in [0.15, 0.2) is 60.7 Å². The van der Waals surface area contributed by atoms with E-state index >= 15 is 0 Å². The van der Waals surface area contributed by atoms with E-state index < -0.39 is 5.41 Å². The van der Waals surface area contributed by atoms with Crippen molar-refractivity contribution in [2.45, 2.75) is 50.7 Å². The van der Waals surface area contributed by atoms with E-state index in [0.717, 1.165) is 29.5 Å². The van der Waals surface area contributed by atoms with Crippen molar-refractivity contribution in [1.82, 2.24) is 5.32 Å². The summed E-state index contributed by atoms with van der Waals surface area (Å²) in [5, 5.41) is 3.36. The van der Waals surface area contributed by atoms with E-state index in [1.807, 2.05) is 37.3 Å². The molecule has 1 amide bonds. The first-order valence-electron chi connectivity index (χ1n) is 12.3. The van der Waals surface area contributed by atoms with Crippen molar-refractivity contribution in [1.29, 1.82) is 0 Å². The molecule has 0 spiro atoms. The molecule has 5 rings (SSSR count). The molecule has 3 aromatic rings. The standard InChI is InChI=1S/C30H31NO5/c1-18-5-12-24-21(15-18)13-14-30(24,2)29(33)31-25-17-26(19-6-8-20(9-7-19)28(32)35-4)36-27-16-22(34-3)10-11-23(25)27/h5-12,15-16,25-26H,13-14,17H2,1-4H3,(H,31,33)/t25-,26-,30?/m1/s1. The van der Waals surface area contributed by atoms with Gasteiger partial charge in [-0.05, 0) is 67.6 Å². The summed E-state index contributed by atoms with van der Waals surface area (Å²) in [6, 6.07) is 19.1. The lowest BCUT2D eigenvalue weighted by atomic mass is 9.82. The maximum atomic E-state index is 13.8. The Hall–Kier alpha value is -3.80. The van der Waals surface area contributed by atoms with E-state index in [1.165, 1.54) is 18.2 Å². The molecule has 0 saturated carbocycles. The zero-order valence-corrected chi connectivity index (χ0v) is 21.1. The SMILES string of the molecule is COC(=O)c1ccc([C@H]2C[C@@H](NC(=O)C3(C)CCc4cc(C)ccc43)c3ccc(OC)cc3O2)cc1. The van der Waals surface area contributed by atoms with E-state index in [-0.39, 0.29) is 24.0 Å². The molecule has 1 aliphatic carbocycles. The lowest BCUT2D eigenvalue weighted by molar-refractivity contribution is -0.127. The van der Waals surface area contributed by atoms with Gasteiger partial charge in [-0.3, -0.25) is 4.79 Å². The van der Waals surface area contributed by atoms with Gasteiger partial charge in [0.25, 0.3) is 0 Å². The number of ether oxygens (including phenoxy) is 3. The number of amides is 1. The van der Waals surface area contributed by atoms with E-state index in [9.17, 15) is 9.59 Å². The largest absolute Gasteiger partial charge is 0.497 e. The molecule has 1 heterocycles. The Labute approximate surface area is 211 Å². The number of aryl methyl sites for hydroxylation is 2. The molecule has 6 nitrogen and oxygen atoms in total. The minimum Gasteiger partial charge on any atom is -0.497 e. The van der Waals surface area contributed by atoms with E-state index in [1.54, 1.807) is 19.2 Å². The Kier molecular flexibility index (Phi) is 6.20. The normalized spacial score (nSPS) is 22.1. The van der Waals surface area contributed by atoms with Crippen molar-refractivity contribution >= 4 is 11.9 Å². The molecule has 2 aliphatic rings. The van der Waals surface area contributed by atoms with Crippen molar-refractivity contribution < 1.29 is 23.8 Å². The molecule has 6 heteroatoms. The highest BCUT2D eigenvalue weighted by Crippen LogP contribution is 2.44. The quantitative estimate of drug-likeness (QED) is 0.492. The summed E-state index contributed by atoms with van der Waals surface area (Å²) in [6.45, 7) is 4.13. The first-order valence-corrected chi connectivity index (χ1v) is 12.3. The summed E-state index contributed by atoms with van der Waals surface area (Å²) in [7, 11) is 2.98. The number of nitrogens with one attached hydrogen (secondary N) is 1. The molecule has 0 radical (unpaired) electrons. The molecule has 0 bridgehead atoms. The number of carbonyl (C=O) groups is 2. The van der Waals surface area contributed by atoms with Crippen LogP contribution in [0.1, 0.15) is 70.1 Å². The fraction of sp³-hybridized carbons (Fsp3) is 0.333. The molecule has 0 aromatic heterocycles. The van der Waals surface area contributed by atoms with Crippen LogP contribution in [0, 0.1) is 6.92 Å². The second-order valence-corrected chi connectivity index (χ2v) is 9.88. The van der Waals surface area contributed by atoms with Crippen LogP contribution in [0.2, 0.25) is 0 Å². The molecule has 1 unspecified atom stereocenters. The number of hydrogen-bond acceptors (Lipinski definition) is 5. The van der Waals surface area contributed by atoms with Gasteiger partial charge in [-0.1, -0.05) is 35.9 Å². The van der Waals surface area contributed by atoms with Gasteiger partial charge in [0, 0.05) is 18.1 Å². The minimum absolute atomic E-state index is 0.0264. The molecule has 3 aromatic carbocycles. The molecular formula is C30H31NO5. The second kappa shape index (κ2) is 9.34. The maximum Gasteiger partial charge on any atom is 0.337 e. The highest BCUT2D eigenvalue weighted by Gasteiger charge is 2.42. The summed E-state index contributed by atoms with van der Waals surface area (Å²) in [6.07, 6.45) is 1.96. The Morgan fingerprint density at radius 2 is 1.81 bits per heavy atom. The van der Waals surface area contributed by atoms with Gasteiger partial charge in [-0.25, -0.2) is 4.79 Å². The number of methoxy groups -OCH3 is 2. The first kappa shape index (κ1) is 23.9. The second-order valence-electron chi connectivity index (χ2n) is 9.88. The molecule has 3 atom stereocenters. The summed E-state index contributed by atoms with van der Waals surface area (Å²) in [5.41, 5.74) is 5.33. The van der Waals surface area contributed by atoms with Gasteiger partial charge in [-0.15, -0.1) is 0 Å². The smallest absolute Gasteiger partial charge is 0.337 e. The van der Waals surface area contributed by atoms with Gasteiger partial charge in [0.05, 0.1) is 31.2 Å². The molecular weight excluding hydrogens is 454 g/mol. The van der Waals surface area contributed by atoms with Gasteiger partial charge in [0.2, 0.25) is 5.91 Å². The molecule has 1 aliphatic heterocycles. The van der Waals surface area contributed by atoms with Crippen molar-refractivity contribution in [3.63, 3.8) is 0 Å². The van der Waals surface area contributed by atoms with Crippen molar-refractivity contribution in [2.75, 3.05) is 14.2 Å². The van der Waals surface area contributed by atoms with Crippen LogP contribution < -0.4 is 14.8 Å². The van der Waals surface area contributed by atoms with Crippen molar-refractivity contribution in [3.8, 4) is 11.5 Å². The van der Waals surface area contributed by atoms with Crippen LogP contribution in [0.25, 0.3) is 0 Å². The monoisotopic (exact) mass is 485 g/mol. The van der Waals surface area contributed by atoms with Crippen LogP contribution in [0.4, 0.5) is 0 Å². The number of rotatable bonds is 5. The van der Waals surface area contributed by atoms with Crippen LogP contribution >= 0.6 is 0 Å². The predicted molar refractivity (Wildman–Crippen MR) is 136 cm³/mol. The minimum atomic E-state index is -0.578. The highest BCUT2D eigenvalue weighted by atomic mass is 16.5. The average Bonchev–Trinajstić information content (AvgIpc) is 3.24. The van der Waals surface area contributed by atoms with Crippen LogP contribution in [-0.4, -0.2) is 26.1 Å². The molecule has 0 fully saturated rings. The van der Waals surface area contributed by atoms with Crippen LogP contribution in [0.3, 0.4) is 0 Å². The van der Waals surface area contributed by atoms with Crippen molar-refractivity contribution in [2.24, 2.45) is 0 Å². The predicted octanol–water partition coefficient (Wildman–Crippen LogP) is 5.38.